The SMILES string of the molecule is COc1cc2c(cc1O)CCN(C(=O)Nc1ccc(O)c(C(F)(F)F)c1)C2. The van der Waals surface area contributed by atoms with Crippen LogP contribution in [0.3, 0.4) is 0 Å². The number of rotatable bonds is 2. The number of urea groups is 1. The number of alkyl halides is 3. The average molecular weight is 382 g/mol. The summed E-state index contributed by atoms with van der Waals surface area (Å²) in [6.45, 7) is 0.566. The molecule has 1 heterocycles. The molecule has 0 aliphatic carbocycles. The number of benzene rings is 2. The highest BCUT2D eigenvalue weighted by atomic mass is 19.4. The van der Waals surface area contributed by atoms with Gasteiger partial charge in [0.25, 0.3) is 0 Å². The van der Waals surface area contributed by atoms with Crippen molar-refractivity contribution in [3.8, 4) is 17.2 Å². The third-order valence-corrected chi connectivity index (χ3v) is 4.35. The van der Waals surface area contributed by atoms with Gasteiger partial charge in [-0.15, -0.1) is 0 Å². The van der Waals surface area contributed by atoms with Crippen LogP contribution >= 0.6 is 0 Å². The van der Waals surface area contributed by atoms with Crippen LogP contribution in [0, 0.1) is 0 Å². The van der Waals surface area contributed by atoms with Gasteiger partial charge in [0.2, 0.25) is 0 Å². The van der Waals surface area contributed by atoms with E-state index in [9.17, 15) is 28.2 Å². The average Bonchev–Trinajstić information content (AvgIpc) is 2.61. The van der Waals surface area contributed by atoms with Gasteiger partial charge in [0.15, 0.2) is 11.5 Å². The van der Waals surface area contributed by atoms with Gasteiger partial charge in [0.05, 0.1) is 12.7 Å². The Kier molecular flexibility index (Phi) is 4.77. The van der Waals surface area contributed by atoms with E-state index in [-0.39, 0.29) is 23.7 Å². The molecule has 6 nitrogen and oxygen atoms in total. The van der Waals surface area contributed by atoms with E-state index in [4.69, 9.17) is 4.74 Å². The van der Waals surface area contributed by atoms with Crippen molar-refractivity contribution in [1.82, 2.24) is 4.90 Å². The Bertz CT molecular complexity index is 884. The standard InChI is InChI=1S/C18H17F3N2O4/c1-27-16-7-11-9-23(5-4-10(11)6-15(16)25)17(26)22-12-2-3-14(24)13(8-12)18(19,20)21/h2-3,6-8,24-25H,4-5,9H2,1H3,(H,22,26). The molecule has 0 aromatic heterocycles. The maximum absolute atomic E-state index is 12.9. The molecule has 9 heteroatoms. The van der Waals surface area contributed by atoms with Crippen molar-refractivity contribution in [2.75, 3.05) is 19.0 Å². The van der Waals surface area contributed by atoms with Crippen LogP contribution in [0.2, 0.25) is 0 Å². The third-order valence-electron chi connectivity index (χ3n) is 4.35. The van der Waals surface area contributed by atoms with Crippen LogP contribution in [0.15, 0.2) is 30.3 Å². The first-order valence-electron chi connectivity index (χ1n) is 8.04. The quantitative estimate of drug-likeness (QED) is 0.692. The summed E-state index contributed by atoms with van der Waals surface area (Å²) in [4.78, 5) is 13.9. The Morgan fingerprint density at radius 1 is 1.15 bits per heavy atom. The van der Waals surface area contributed by atoms with E-state index in [1.807, 2.05) is 0 Å². The van der Waals surface area contributed by atoms with Crippen LogP contribution in [-0.2, 0) is 19.1 Å². The zero-order valence-corrected chi connectivity index (χ0v) is 14.3. The molecular weight excluding hydrogens is 365 g/mol. The van der Waals surface area contributed by atoms with E-state index in [0.29, 0.717) is 19.0 Å². The molecule has 0 radical (unpaired) electrons. The molecule has 3 rings (SSSR count). The van der Waals surface area contributed by atoms with Gasteiger partial charge < -0.3 is 25.2 Å². The highest BCUT2D eigenvalue weighted by Crippen LogP contribution is 2.37. The van der Waals surface area contributed by atoms with E-state index in [1.165, 1.54) is 18.1 Å². The molecule has 2 amide bonds. The number of phenolic OH excluding ortho intramolecular Hbond substituents is 2. The number of carbonyl (C=O) groups is 1. The predicted octanol–water partition coefficient (Wildman–Crippen LogP) is 3.72. The van der Waals surface area contributed by atoms with E-state index < -0.39 is 23.5 Å². The summed E-state index contributed by atoms with van der Waals surface area (Å²) in [6, 6.07) is 5.42. The maximum Gasteiger partial charge on any atom is 0.420 e. The van der Waals surface area contributed by atoms with E-state index in [2.05, 4.69) is 5.32 Å². The van der Waals surface area contributed by atoms with Crippen molar-refractivity contribution >= 4 is 11.7 Å². The molecule has 27 heavy (non-hydrogen) atoms. The molecule has 0 bridgehead atoms. The summed E-state index contributed by atoms with van der Waals surface area (Å²) in [6.07, 6.45) is -4.24. The number of halogens is 3. The van der Waals surface area contributed by atoms with Crippen molar-refractivity contribution < 1.29 is 32.9 Å². The summed E-state index contributed by atoms with van der Waals surface area (Å²) in [5, 5.41) is 21.6. The smallest absolute Gasteiger partial charge is 0.420 e. The zero-order valence-electron chi connectivity index (χ0n) is 14.3. The second kappa shape index (κ2) is 6.90. The number of ether oxygens (including phenoxy) is 1. The van der Waals surface area contributed by atoms with Gasteiger partial charge in [0, 0.05) is 18.8 Å². The Morgan fingerprint density at radius 3 is 2.56 bits per heavy atom. The van der Waals surface area contributed by atoms with Gasteiger partial charge in [-0.2, -0.15) is 13.2 Å². The molecule has 0 saturated heterocycles. The number of nitrogens with zero attached hydrogens (tertiary/aromatic N) is 1. The summed E-state index contributed by atoms with van der Waals surface area (Å²) in [5.74, 6) is -0.610. The van der Waals surface area contributed by atoms with Gasteiger partial charge in [-0.25, -0.2) is 4.79 Å². The number of hydrogen-bond acceptors (Lipinski definition) is 4. The van der Waals surface area contributed by atoms with E-state index in [1.54, 1.807) is 12.1 Å². The Balaban J connectivity index is 1.76. The number of nitrogens with one attached hydrogen (secondary N) is 1. The number of amides is 2. The molecule has 2 aromatic carbocycles. The molecule has 2 aromatic rings. The van der Waals surface area contributed by atoms with Gasteiger partial charge >= 0.3 is 12.2 Å². The van der Waals surface area contributed by atoms with Gasteiger partial charge in [-0.1, -0.05) is 0 Å². The second-order valence-corrected chi connectivity index (χ2v) is 6.12. The minimum absolute atomic E-state index is 0.0120. The molecule has 0 spiro atoms. The van der Waals surface area contributed by atoms with Crippen LogP contribution < -0.4 is 10.1 Å². The minimum atomic E-state index is -4.73. The molecule has 0 fully saturated rings. The minimum Gasteiger partial charge on any atom is -0.507 e. The highest BCUT2D eigenvalue weighted by molar-refractivity contribution is 5.89. The third kappa shape index (κ3) is 3.86. The fourth-order valence-electron chi connectivity index (χ4n) is 2.95. The fourth-order valence-corrected chi connectivity index (χ4v) is 2.95. The molecule has 0 atom stereocenters. The van der Waals surface area contributed by atoms with Crippen LogP contribution in [0.5, 0.6) is 17.2 Å². The summed E-state index contributed by atoms with van der Waals surface area (Å²) >= 11 is 0. The van der Waals surface area contributed by atoms with Crippen molar-refractivity contribution in [1.29, 1.82) is 0 Å². The monoisotopic (exact) mass is 382 g/mol. The number of hydrogen-bond donors (Lipinski definition) is 3. The summed E-state index contributed by atoms with van der Waals surface area (Å²) < 4.78 is 43.7. The van der Waals surface area contributed by atoms with Crippen LogP contribution in [0.25, 0.3) is 0 Å². The normalized spacial score (nSPS) is 13.9. The van der Waals surface area contributed by atoms with Gasteiger partial charge in [-0.3, -0.25) is 0 Å². The second-order valence-electron chi connectivity index (χ2n) is 6.12. The number of fused-ring (bicyclic) bond motifs is 1. The molecule has 1 aliphatic rings. The largest absolute Gasteiger partial charge is 0.507 e. The van der Waals surface area contributed by atoms with Crippen LogP contribution in [0.1, 0.15) is 16.7 Å². The van der Waals surface area contributed by atoms with Crippen LogP contribution in [-0.4, -0.2) is 34.8 Å². The summed E-state index contributed by atoms with van der Waals surface area (Å²) in [5.41, 5.74) is 0.373. The maximum atomic E-state index is 12.9. The fraction of sp³-hybridized carbons (Fsp3) is 0.278. The lowest BCUT2D eigenvalue weighted by atomic mass is 9.99. The zero-order chi connectivity index (χ0) is 19.8. The predicted molar refractivity (Wildman–Crippen MR) is 90.9 cm³/mol. The lowest BCUT2D eigenvalue weighted by molar-refractivity contribution is -0.138. The van der Waals surface area contributed by atoms with Crippen LogP contribution in [0.4, 0.5) is 23.7 Å². The number of anilines is 1. The van der Waals surface area contributed by atoms with E-state index in [0.717, 1.165) is 17.2 Å². The number of carbonyl (C=O) groups excluding carboxylic acids is 1. The topological polar surface area (TPSA) is 82.0 Å². The molecule has 1 aliphatic heterocycles. The van der Waals surface area contributed by atoms with Crippen molar-refractivity contribution in [3.05, 3.63) is 47.0 Å². The summed E-state index contributed by atoms with van der Waals surface area (Å²) in [7, 11) is 1.41. The Labute approximate surface area is 152 Å². The molecular formula is C18H17F3N2O4. The van der Waals surface area contributed by atoms with Crippen molar-refractivity contribution in [3.63, 3.8) is 0 Å². The lowest BCUT2D eigenvalue weighted by Crippen LogP contribution is -2.38. The number of phenols is 2. The van der Waals surface area contributed by atoms with Crippen molar-refractivity contribution in [2.24, 2.45) is 0 Å². The van der Waals surface area contributed by atoms with E-state index >= 15 is 0 Å². The first kappa shape index (κ1) is 18.7. The number of methoxy groups -OCH3 is 1. The molecule has 0 saturated carbocycles. The molecule has 0 unspecified atom stereocenters. The molecule has 3 N–H and O–H groups in total. The van der Waals surface area contributed by atoms with Gasteiger partial charge in [0.1, 0.15) is 5.75 Å². The lowest BCUT2D eigenvalue weighted by Gasteiger charge is -2.29. The first-order valence-corrected chi connectivity index (χ1v) is 8.04. The van der Waals surface area contributed by atoms with Crippen molar-refractivity contribution in [2.45, 2.75) is 19.1 Å². The van der Waals surface area contributed by atoms with Gasteiger partial charge in [-0.05, 0) is 47.9 Å². The highest BCUT2D eigenvalue weighted by Gasteiger charge is 2.34. The molecule has 144 valence electrons. The number of aromatic hydroxyl groups is 2. The first-order chi connectivity index (χ1) is 12.7. The Morgan fingerprint density at radius 2 is 1.89 bits per heavy atom. The Hall–Kier alpha value is -3.10.